The predicted molar refractivity (Wildman–Crippen MR) is 92.9 cm³/mol. The molecule has 2 atom stereocenters. The Hall–Kier alpha value is -1.75. The van der Waals surface area contributed by atoms with E-state index >= 15 is 0 Å². The first-order valence-corrected chi connectivity index (χ1v) is 8.33. The molecule has 0 saturated heterocycles. The van der Waals surface area contributed by atoms with E-state index in [1.165, 1.54) is 0 Å². The van der Waals surface area contributed by atoms with Crippen LogP contribution in [0.3, 0.4) is 0 Å². The minimum atomic E-state index is -0.976. The number of carbonyl (C=O) groups excluding carboxylic acids is 1. The van der Waals surface area contributed by atoms with Crippen LogP contribution in [0.2, 0.25) is 0 Å². The van der Waals surface area contributed by atoms with E-state index in [1.54, 1.807) is 12.2 Å². The molecule has 0 spiro atoms. The molecule has 0 rings (SSSR count). The van der Waals surface area contributed by atoms with Crippen LogP contribution >= 0.6 is 0 Å². The molecule has 0 aromatic rings. The summed E-state index contributed by atoms with van der Waals surface area (Å²) in [7, 11) is 0. The molecule has 0 amide bonds. The van der Waals surface area contributed by atoms with E-state index in [9.17, 15) is 20.0 Å². The van der Waals surface area contributed by atoms with Crippen LogP contribution in [-0.2, 0) is 4.79 Å². The summed E-state index contributed by atoms with van der Waals surface area (Å²) in [4.78, 5) is 20.8. The molecule has 23 heavy (non-hydrogen) atoms. The number of aliphatic hydroxyl groups is 1. The molecule has 0 aliphatic carbocycles. The lowest BCUT2D eigenvalue weighted by Crippen LogP contribution is -2.32. The highest BCUT2D eigenvalue weighted by atomic mass is 16.6. The van der Waals surface area contributed by atoms with Gasteiger partial charge in [0.05, 0.1) is 0 Å². The van der Waals surface area contributed by atoms with Crippen molar-refractivity contribution in [3.05, 3.63) is 46.6 Å². The highest BCUT2D eigenvalue weighted by Crippen LogP contribution is 2.10. The summed E-state index contributed by atoms with van der Waals surface area (Å²) in [6.45, 7) is 2.06. The van der Waals surface area contributed by atoms with Crippen molar-refractivity contribution in [1.82, 2.24) is 0 Å². The fraction of sp³-hybridized carbons (Fsp3) is 0.611. The fourth-order valence-electron chi connectivity index (χ4n) is 2.06. The first-order chi connectivity index (χ1) is 11.1. The maximum atomic E-state index is 11.1. The average molecular weight is 323 g/mol. The van der Waals surface area contributed by atoms with Gasteiger partial charge in [0.2, 0.25) is 6.04 Å². The molecule has 0 radical (unpaired) electrons. The average Bonchev–Trinajstić information content (AvgIpc) is 2.52. The number of aldehydes is 1. The van der Waals surface area contributed by atoms with Crippen LogP contribution in [0.15, 0.2) is 36.5 Å². The van der Waals surface area contributed by atoms with E-state index in [-0.39, 0.29) is 6.42 Å². The smallest absolute Gasteiger partial charge is 0.242 e. The zero-order valence-corrected chi connectivity index (χ0v) is 14.0. The summed E-state index contributed by atoms with van der Waals surface area (Å²) in [5.41, 5.74) is 0. The van der Waals surface area contributed by atoms with Crippen LogP contribution in [0.5, 0.6) is 0 Å². The maximum Gasteiger partial charge on any atom is 0.242 e. The quantitative estimate of drug-likeness (QED) is 0.172. The molecule has 0 bridgehead atoms. The number of unbranched alkanes of at least 4 members (excludes halogenated alkanes) is 3. The Labute approximate surface area is 138 Å². The van der Waals surface area contributed by atoms with Crippen LogP contribution in [-0.4, -0.2) is 28.5 Å². The number of aliphatic hydroxyl groups excluding tert-OH is 1. The Kier molecular flexibility index (Phi) is 14.0. The summed E-state index contributed by atoms with van der Waals surface area (Å²) in [5, 5.41) is 21.0. The van der Waals surface area contributed by atoms with Gasteiger partial charge in [-0.05, 0) is 38.5 Å². The maximum absolute atomic E-state index is 11.1. The van der Waals surface area contributed by atoms with Gasteiger partial charge in [0.15, 0.2) is 0 Å². The molecular weight excluding hydrogens is 294 g/mol. The molecule has 1 N–H and O–H groups in total. The number of nitrogens with zero attached hydrogens (tertiary/aromatic N) is 1. The third-order valence-electron chi connectivity index (χ3n) is 3.42. The van der Waals surface area contributed by atoms with Crippen LogP contribution in [0, 0.1) is 10.1 Å². The lowest BCUT2D eigenvalue weighted by molar-refractivity contribution is -0.533. The van der Waals surface area contributed by atoms with E-state index < -0.39 is 17.1 Å². The molecule has 2 unspecified atom stereocenters. The molecule has 130 valence electrons. The van der Waals surface area contributed by atoms with Gasteiger partial charge < -0.3 is 9.90 Å². The Bertz CT molecular complexity index is 402. The predicted octanol–water partition coefficient (Wildman–Crippen LogP) is 4.00. The Morgan fingerprint density at radius 2 is 1.65 bits per heavy atom. The van der Waals surface area contributed by atoms with Crippen molar-refractivity contribution in [3.63, 3.8) is 0 Å². The van der Waals surface area contributed by atoms with Gasteiger partial charge >= 0.3 is 0 Å². The van der Waals surface area contributed by atoms with Gasteiger partial charge in [0.25, 0.3) is 0 Å². The highest BCUT2D eigenvalue weighted by molar-refractivity contribution is 5.48. The van der Waals surface area contributed by atoms with Crippen molar-refractivity contribution in [2.75, 3.05) is 0 Å². The molecule has 0 saturated carbocycles. The van der Waals surface area contributed by atoms with Crippen molar-refractivity contribution >= 4 is 6.29 Å². The topological polar surface area (TPSA) is 80.4 Å². The standard InChI is InChI=1S/C18H29NO4/c1-2-3-4-5-9-12-15-18(21)17(19(22)23)14-11-8-6-7-10-13-16-20/h3-4,8-9,11-12,16-18,21H,2,5-7,10,13-15H2,1H3/b4-3-,11-8-,12-9-. The van der Waals surface area contributed by atoms with Crippen molar-refractivity contribution < 1.29 is 14.8 Å². The molecule has 0 aliphatic heterocycles. The number of carbonyl (C=O) groups is 1. The molecule has 0 aromatic heterocycles. The largest absolute Gasteiger partial charge is 0.386 e. The van der Waals surface area contributed by atoms with Gasteiger partial charge in [-0.25, -0.2) is 0 Å². The van der Waals surface area contributed by atoms with E-state index in [2.05, 4.69) is 13.0 Å². The number of hydrogen-bond donors (Lipinski definition) is 1. The van der Waals surface area contributed by atoms with Gasteiger partial charge in [-0.3, -0.25) is 10.1 Å². The Balaban J connectivity index is 4.12. The van der Waals surface area contributed by atoms with Crippen molar-refractivity contribution in [2.45, 2.75) is 70.4 Å². The van der Waals surface area contributed by atoms with Crippen molar-refractivity contribution in [1.29, 1.82) is 0 Å². The summed E-state index contributed by atoms with van der Waals surface area (Å²) in [6.07, 6.45) is 16.7. The summed E-state index contributed by atoms with van der Waals surface area (Å²) in [6, 6.07) is -0.975. The summed E-state index contributed by atoms with van der Waals surface area (Å²) < 4.78 is 0. The third-order valence-corrected chi connectivity index (χ3v) is 3.42. The minimum absolute atomic E-state index is 0.228. The first kappa shape index (κ1) is 21.2. The SMILES string of the molecule is CC/C=C\C/C=C\CC(O)C(C/C=C\CCCCC=O)[N+](=O)[O-]. The molecular formula is C18H29NO4. The van der Waals surface area contributed by atoms with E-state index in [1.807, 2.05) is 18.2 Å². The van der Waals surface area contributed by atoms with Gasteiger partial charge in [0, 0.05) is 17.8 Å². The second kappa shape index (κ2) is 15.2. The monoisotopic (exact) mass is 323 g/mol. The molecule has 0 fully saturated rings. The second-order valence-corrected chi connectivity index (χ2v) is 5.40. The lowest BCUT2D eigenvalue weighted by atomic mass is 10.0. The highest BCUT2D eigenvalue weighted by Gasteiger charge is 2.27. The van der Waals surface area contributed by atoms with Crippen LogP contribution in [0.1, 0.15) is 58.3 Å². The molecule has 5 nitrogen and oxygen atoms in total. The summed E-state index contributed by atoms with van der Waals surface area (Å²) in [5.74, 6) is 0. The molecule has 0 aliphatic rings. The van der Waals surface area contributed by atoms with Gasteiger partial charge in [-0.2, -0.15) is 0 Å². The first-order valence-electron chi connectivity index (χ1n) is 8.33. The van der Waals surface area contributed by atoms with Gasteiger partial charge in [-0.1, -0.05) is 43.4 Å². The van der Waals surface area contributed by atoms with Crippen LogP contribution in [0.25, 0.3) is 0 Å². The second-order valence-electron chi connectivity index (χ2n) is 5.40. The zero-order valence-electron chi connectivity index (χ0n) is 14.0. The van der Waals surface area contributed by atoms with Gasteiger partial charge in [0.1, 0.15) is 12.4 Å². The number of rotatable bonds is 14. The van der Waals surface area contributed by atoms with Crippen molar-refractivity contribution in [2.24, 2.45) is 0 Å². The lowest BCUT2D eigenvalue weighted by Gasteiger charge is -2.12. The Morgan fingerprint density at radius 3 is 2.30 bits per heavy atom. The molecule has 5 heteroatoms. The normalized spacial score (nSPS) is 14.7. The number of nitro groups is 1. The third kappa shape index (κ3) is 12.5. The summed E-state index contributed by atoms with van der Waals surface area (Å²) >= 11 is 0. The zero-order chi connectivity index (χ0) is 17.3. The van der Waals surface area contributed by atoms with E-state index in [0.717, 1.165) is 38.4 Å². The number of allylic oxidation sites excluding steroid dienone is 4. The van der Waals surface area contributed by atoms with E-state index in [0.29, 0.717) is 12.8 Å². The Morgan fingerprint density at radius 1 is 1.00 bits per heavy atom. The van der Waals surface area contributed by atoms with Gasteiger partial charge in [-0.15, -0.1) is 0 Å². The minimum Gasteiger partial charge on any atom is -0.386 e. The van der Waals surface area contributed by atoms with Crippen molar-refractivity contribution in [3.8, 4) is 0 Å². The number of hydrogen-bond acceptors (Lipinski definition) is 4. The van der Waals surface area contributed by atoms with Crippen LogP contribution < -0.4 is 0 Å². The molecule has 0 aromatic carbocycles. The van der Waals surface area contributed by atoms with E-state index in [4.69, 9.17) is 0 Å². The van der Waals surface area contributed by atoms with Crippen LogP contribution in [0.4, 0.5) is 0 Å². The molecule has 0 heterocycles. The fourth-order valence-corrected chi connectivity index (χ4v) is 2.06.